The number of ether oxygens (including phenoxy) is 1. The summed E-state index contributed by atoms with van der Waals surface area (Å²) in [6.45, 7) is -1.74. The number of rotatable bonds is 5. The highest BCUT2D eigenvalue weighted by atomic mass is 19.4. The summed E-state index contributed by atoms with van der Waals surface area (Å²) in [6.07, 6.45) is -4.56. The number of halogens is 3. The Morgan fingerprint density at radius 1 is 1.29 bits per heavy atom. The molecular formula is C12H20F3N3O3. The lowest BCUT2D eigenvalue weighted by Crippen LogP contribution is -2.50. The Labute approximate surface area is 121 Å². The molecule has 21 heavy (non-hydrogen) atoms. The molecule has 0 aromatic carbocycles. The molecule has 0 aromatic rings. The molecule has 1 aliphatic heterocycles. The van der Waals surface area contributed by atoms with Crippen molar-refractivity contribution in [3.63, 3.8) is 0 Å². The summed E-state index contributed by atoms with van der Waals surface area (Å²) in [5.74, 6) is -2.00. The number of carbonyl (C=O) groups excluding carboxylic acids is 2. The van der Waals surface area contributed by atoms with Gasteiger partial charge in [0.05, 0.1) is 19.1 Å². The number of nitrogens with zero attached hydrogens (tertiary/aromatic N) is 2. The Morgan fingerprint density at radius 3 is 2.38 bits per heavy atom. The van der Waals surface area contributed by atoms with Crippen LogP contribution >= 0.6 is 0 Å². The SMILES string of the molecule is CNC1COCC1C(=O)N(CC(=O)N(C)C)CC(F)(F)F. The highest BCUT2D eigenvalue weighted by molar-refractivity contribution is 5.86. The second-order valence-electron chi connectivity index (χ2n) is 5.14. The van der Waals surface area contributed by atoms with Gasteiger partial charge >= 0.3 is 6.18 Å². The molecule has 0 aliphatic carbocycles. The van der Waals surface area contributed by atoms with Gasteiger partial charge in [0.2, 0.25) is 11.8 Å². The lowest BCUT2D eigenvalue weighted by molar-refractivity contribution is -0.166. The summed E-state index contributed by atoms with van der Waals surface area (Å²) in [5.41, 5.74) is 0. The normalized spacial score (nSPS) is 22.2. The van der Waals surface area contributed by atoms with Crippen molar-refractivity contribution in [1.29, 1.82) is 0 Å². The van der Waals surface area contributed by atoms with E-state index in [0.717, 1.165) is 4.90 Å². The number of carbonyl (C=O) groups is 2. The minimum absolute atomic E-state index is 0.0504. The van der Waals surface area contributed by atoms with Gasteiger partial charge in [0.25, 0.3) is 0 Å². The van der Waals surface area contributed by atoms with Crippen molar-refractivity contribution in [2.45, 2.75) is 12.2 Å². The van der Waals surface area contributed by atoms with Crippen LogP contribution < -0.4 is 5.32 Å². The Hall–Kier alpha value is -1.35. The Balaban J connectivity index is 2.84. The summed E-state index contributed by atoms with van der Waals surface area (Å²) in [7, 11) is 4.46. The molecule has 0 radical (unpaired) electrons. The summed E-state index contributed by atoms with van der Waals surface area (Å²) < 4.78 is 43.0. The van der Waals surface area contributed by atoms with E-state index in [2.05, 4.69) is 5.32 Å². The predicted octanol–water partition coefficient (Wildman–Crippen LogP) is -0.300. The van der Waals surface area contributed by atoms with E-state index in [4.69, 9.17) is 4.74 Å². The van der Waals surface area contributed by atoms with E-state index < -0.39 is 37.0 Å². The van der Waals surface area contributed by atoms with Gasteiger partial charge in [0, 0.05) is 20.1 Å². The standard InChI is InChI=1S/C12H20F3N3O3/c1-16-9-6-21-5-8(9)11(20)18(7-12(13,14)15)4-10(19)17(2)3/h8-9,16H,4-7H2,1-3H3. The molecule has 1 saturated heterocycles. The molecule has 0 bridgehead atoms. The molecular weight excluding hydrogens is 291 g/mol. The van der Waals surface area contributed by atoms with Crippen molar-refractivity contribution < 1.29 is 27.5 Å². The monoisotopic (exact) mass is 311 g/mol. The van der Waals surface area contributed by atoms with E-state index in [9.17, 15) is 22.8 Å². The van der Waals surface area contributed by atoms with Gasteiger partial charge < -0.3 is 19.9 Å². The van der Waals surface area contributed by atoms with Crippen molar-refractivity contribution in [3.05, 3.63) is 0 Å². The molecule has 2 amide bonds. The predicted molar refractivity (Wildman–Crippen MR) is 68.5 cm³/mol. The van der Waals surface area contributed by atoms with Crippen LogP contribution in [0.25, 0.3) is 0 Å². The average Bonchev–Trinajstić information content (AvgIpc) is 2.83. The van der Waals surface area contributed by atoms with Crippen LogP contribution in [0.15, 0.2) is 0 Å². The highest BCUT2D eigenvalue weighted by Crippen LogP contribution is 2.21. The summed E-state index contributed by atoms with van der Waals surface area (Å²) in [5, 5.41) is 2.84. The van der Waals surface area contributed by atoms with Gasteiger partial charge in [-0.2, -0.15) is 13.2 Å². The number of amides is 2. The van der Waals surface area contributed by atoms with Crippen LogP contribution in [0, 0.1) is 5.92 Å². The quantitative estimate of drug-likeness (QED) is 0.757. The number of alkyl halides is 3. The van der Waals surface area contributed by atoms with Gasteiger partial charge in [-0.1, -0.05) is 0 Å². The second-order valence-corrected chi connectivity index (χ2v) is 5.14. The Morgan fingerprint density at radius 2 is 1.90 bits per heavy atom. The van der Waals surface area contributed by atoms with Gasteiger partial charge in [0.15, 0.2) is 0 Å². The molecule has 1 fully saturated rings. The minimum atomic E-state index is -4.56. The zero-order valence-electron chi connectivity index (χ0n) is 12.2. The third-order valence-electron chi connectivity index (χ3n) is 3.28. The van der Waals surface area contributed by atoms with E-state index in [0.29, 0.717) is 4.90 Å². The molecule has 0 saturated carbocycles. The van der Waals surface area contributed by atoms with E-state index in [1.54, 1.807) is 7.05 Å². The first kappa shape index (κ1) is 17.7. The van der Waals surface area contributed by atoms with Crippen molar-refractivity contribution in [2.24, 2.45) is 5.92 Å². The van der Waals surface area contributed by atoms with Crippen molar-refractivity contribution in [3.8, 4) is 0 Å². The molecule has 2 atom stereocenters. The molecule has 0 aromatic heterocycles. The first-order valence-electron chi connectivity index (χ1n) is 6.46. The van der Waals surface area contributed by atoms with Crippen LogP contribution in [0.4, 0.5) is 13.2 Å². The van der Waals surface area contributed by atoms with Crippen LogP contribution in [0.1, 0.15) is 0 Å². The van der Waals surface area contributed by atoms with Crippen LogP contribution in [0.5, 0.6) is 0 Å². The maximum Gasteiger partial charge on any atom is 0.406 e. The lowest BCUT2D eigenvalue weighted by Gasteiger charge is -2.28. The highest BCUT2D eigenvalue weighted by Gasteiger charge is 2.40. The molecule has 122 valence electrons. The fraction of sp³-hybridized carbons (Fsp3) is 0.833. The van der Waals surface area contributed by atoms with Gasteiger partial charge in [-0.05, 0) is 7.05 Å². The fourth-order valence-corrected chi connectivity index (χ4v) is 2.05. The van der Waals surface area contributed by atoms with E-state index in [-0.39, 0.29) is 19.3 Å². The van der Waals surface area contributed by atoms with Crippen LogP contribution in [-0.2, 0) is 14.3 Å². The van der Waals surface area contributed by atoms with E-state index in [1.807, 2.05) is 0 Å². The zero-order valence-corrected chi connectivity index (χ0v) is 12.2. The molecule has 2 unspecified atom stereocenters. The zero-order chi connectivity index (χ0) is 16.2. The van der Waals surface area contributed by atoms with Crippen molar-refractivity contribution in [1.82, 2.24) is 15.1 Å². The first-order chi connectivity index (χ1) is 9.65. The number of hydrogen-bond acceptors (Lipinski definition) is 4. The molecule has 1 rings (SSSR count). The van der Waals surface area contributed by atoms with Crippen molar-refractivity contribution >= 4 is 11.8 Å². The summed E-state index contributed by atoms with van der Waals surface area (Å²) in [6, 6.07) is -0.345. The third kappa shape index (κ3) is 5.16. The van der Waals surface area contributed by atoms with Crippen LogP contribution in [-0.4, -0.2) is 81.3 Å². The molecule has 0 spiro atoms. The Bertz CT molecular complexity index is 388. The van der Waals surface area contributed by atoms with Gasteiger partial charge in [0.1, 0.15) is 13.1 Å². The van der Waals surface area contributed by atoms with Gasteiger partial charge in [-0.25, -0.2) is 0 Å². The van der Waals surface area contributed by atoms with E-state index in [1.165, 1.54) is 14.1 Å². The van der Waals surface area contributed by atoms with Gasteiger partial charge in [-0.15, -0.1) is 0 Å². The second kappa shape index (κ2) is 7.08. The van der Waals surface area contributed by atoms with E-state index >= 15 is 0 Å². The topological polar surface area (TPSA) is 61.9 Å². The lowest BCUT2D eigenvalue weighted by atomic mass is 10.0. The number of hydrogen-bond donors (Lipinski definition) is 1. The van der Waals surface area contributed by atoms with Crippen LogP contribution in [0.3, 0.4) is 0 Å². The smallest absolute Gasteiger partial charge is 0.379 e. The first-order valence-corrected chi connectivity index (χ1v) is 6.46. The van der Waals surface area contributed by atoms with Gasteiger partial charge in [-0.3, -0.25) is 9.59 Å². The largest absolute Gasteiger partial charge is 0.406 e. The minimum Gasteiger partial charge on any atom is -0.379 e. The average molecular weight is 311 g/mol. The summed E-state index contributed by atoms with van der Waals surface area (Å²) in [4.78, 5) is 25.6. The maximum absolute atomic E-state index is 12.6. The number of likely N-dealkylation sites (N-methyl/N-ethyl adjacent to an activating group) is 2. The molecule has 1 heterocycles. The van der Waals surface area contributed by atoms with Crippen LogP contribution in [0.2, 0.25) is 0 Å². The molecule has 9 heteroatoms. The fourth-order valence-electron chi connectivity index (χ4n) is 2.05. The molecule has 1 aliphatic rings. The molecule has 1 N–H and O–H groups in total. The van der Waals surface area contributed by atoms with Crippen molar-refractivity contribution in [2.75, 3.05) is 47.4 Å². The Kier molecular flexibility index (Phi) is 5.97. The summed E-state index contributed by atoms with van der Waals surface area (Å²) >= 11 is 0. The maximum atomic E-state index is 12.6. The number of nitrogens with one attached hydrogen (secondary N) is 1. The third-order valence-corrected chi connectivity index (χ3v) is 3.28. The molecule has 6 nitrogen and oxygen atoms in total.